The van der Waals surface area contributed by atoms with Crippen LogP contribution in [-0.2, 0) is 19.6 Å². The summed E-state index contributed by atoms with van der Waals surface area (Å²) < 4.78 is 27.6. The van der Waals surface area contributed by atoms with Gasteiger partial charge in [0, 0.05) is 23.7 Å². The first-order valence-electron chi connectivity index (χ1n) is 10.1. The Labute approximate surface area is 192 Å². The van der Waals surface area contributed by atoms with Gasteiger partial charge in [-0.3, -0.25) is 9.59 Å². The highest BCUT2D eigenvalue weighted by Crippen LogP contribution is 2.15. The number of nitrogens with one attached hydrogen (secondary N) is 3. The number of hydrazone groups is 1. The van der Waals surface area contributed by atoms with E-state index in [4.69, 9.17) is 0 Å². The summed E-state index contributed by atoms with van der Waals surface area (Å²) >= 11 is 0. The van der Waals surface area contributed by atoms with E-state index in [1.165, 1.54) is 38.1 Å². The van der Waals surface area contributed by atoms with Crippen molar-refractivity contribution in [2.24, 2.45) is 5.10 Å². The molecule has 0 radical (unpaired) electrons. The summed E-state index contributed by atoms with van der Waals surface area (Å²) in [4.78, 5) is 23.7. The van der Waals surface area contributed by atoms with Gasteiger partial charge in [0.25, 0.3) is 5.91 Å². The number of hydrogen-bond donors (Lipinski definition) is 3. The zero-order valence-corrected chi connectivity index (χ0v) is 19.0. The molecule has 0 heterocycles. The van der Waals surface area contributed by atoms with Crippen LogP contribution in [0.25, 0.3) is 0 Å². The minimum absolute atomic E-state index is 0.0333. The van der Waals surface area contributed by atoms with Gasteiger partial charge in [0.05, 0.1) is 16.6 Å². The van der Waals surface area contributed by atoms with Gasteiger partial charge in [-0.25, -0.2) is 13.8 Å². The maximum atomic E-state index is 12.6. The summed E-state index contributed by atoms with van der Waals surface area (Å²) in [6.45, 7) is 2.79. The topological polar surface area (TPSA) is 117 Å². The Morgan fingerprint density at radius 3 is 1.82 bits per heavy atom. The highest BCUT2D eigenvalue weighted by atomic mass is 32.2. The molecule has 8 nitrogen and oxygen atoms in total. The van der Waals surface area contributed by atoms with E-state index in [-0.39, 0.29) is 10.8 Å². The Kier molecular flexibility index (Phi) is 7.70. The molecule has 1 atom stereocenters. The van der Waals surface area contributed by atoms with Gasteiger partial charge < -0.3 is 5.32 Å². The lowest BCUT2D eigenvalue weighted by Gasteiger charge is -2.14. The molecule has 0 saturated carbocycles. The zero-order chi connectivity index (χ0) is 23.8. The lowest BCUT2D eigenvalue weighted by atomic mass is 10.0. The van der Waals surface area contributed by atoms with Crippen LogP contribution in [0.15, 0.2) is 94.9 Å². The van der Waals surface area contributed by atoms with E-state index in [9.17, 15) is 18.0 Å². The van der Waals surface area contributed by atoms with Crippen molar-refractivity contribution < 1.29 is 18.0 Å². The molecule has 0 spiro atoms. The summed E-state index contributed by atoms with van der Waals surface area (Å²) in [5.41, 5.74) is 5.08. The fourth-order valence-electron chi connectivity index (χ4n) is 2.97. The average molecular weight is 465 g/mol. The lowest BCUT2D eigenvalue weighted by molar-refractivity contribution is -0.122. The second-order valence-electron chi connectivity index (χ2n) is 7.22. The fourth-order valence-corrected chi connectivity index (χ4v) is 4.17. The van der Waals surface area contributed by atoms with E-state index in [2.05, 4.69) is 20.6 Å². The first kappa shape index (κ1) is 23.8. The summed E-state index contributed by atoms with van der Waals surface area (Å²) in [7, 11) is -3.96. The molecule has 3 N–H and O–H groups in total. The van der Waals surface area contributed by atoms with Crippen LogP contribution in [0, 0.1) is 0 Å². The molecule has 0 fully saturated rings. The van der Waals surface area contributed by atoms with Crippen molar-refractivity contribution in [2.75, 3.05) is 5.32 Å². The normalized spacial score (nSPS) is 11.8. The molecular weight excluding hydrogens is 440 g/mol. The Bertz CT molecular complexity index is 1200. The number of nitrogens with zero attached hydrogens (tertiary/aromatic N) is 1. The number of rotatable bonds is 8. The summed E-state index contributed by atoms with van der Waals surface area (Å²) in [5.74, 6) is -0.877. The van der Waals surface area contributed by atoms with E-state index in [1.807, 2.05) is 60.7 Å². The Morgan fingerprint density at radius 1 is 0.818 bits per heavy atom. The molecular formula is C24H24N4O4S. The van der Waals surface area contributed by atoms with Gasteiger partial charge in [-0.1, -0.05) is 60.7 Å². The van der Waals surface area contributed by atoms with E-state index >= 15 is 0 Å². The van der Waals surface area contributed by atoms with Gasteiger partial charge in [0.15, 0.2) is 0 Å². The van der Waals surface area contributed by atoms with Gasteiger partial charge in [0.1, 0.15) is 0 Å². The van der Waals surface area contributed by atoms with E-state index in [0.717, 1.165) is 11.1 Å². The summed E-state index contributed by atoms with van der Waals surface area (Å²) in [6.07, 6.45) is 0. The largest absolute Gasteiger partial charge is 0.326 e. The average Bonchev–Trinajstić information content (AvgIpc) is 2.80. The third-order valence-electron chi connectivity index (χ3n) is 4.58. The van der Waals surface area contributed by atoms with Gasteiger partial charge in [-0.15, -0.1) is 0 Å². The monoisotopic (exact) mass is 464 g/mol. The van der Waals surface area contributed by atoms with Crippen molar-refractivity contribution in [3.8, 4) is 0 Å². The summed E-state index contributed by atoms with van der Waals surface area (Å²) in [6, 6.07) is 23.2. The molecule has 0 unspecified atom stereocenters. The molecule has 0 bridgehead atoms. The van der Waals surface area contributed by atoms with Crippen LogP contribution in [0.2, 0.25) is 0 Å². The molecule has 33 heavy (non-hydrogen) atoms. The van der Waals surface area contributed by atoms with Crippen molar-refractivity contribution in [3.05, 3.63) is 96.1 Å². The molecule has 2 amide bonds. The second-order valence-corrected chi connectivity index (χ2v) is 8.93. The smallest absolute Gasteiger partial charge is 0.257 e. The number of carbonyl (C=O) groups is 2. The maximum Gasteiger partial charge on any atom is 0.257 e. The third-order valence-corrected chi connectivity index (χ3v) is 6.14. The van der Waals surface area contributed by atoms with Crippen LogP contribution >= 0.6 is 0 Å². The number of carbonyl (C=O) groups excluding carboxylic acids is 2. The van der Waals surface area contributed by atoms with Crippen molar-refractivity contribution in [2.45, 2.75) is 24.8 Å². The van der Waals surface area contributed by atoms with Crippen molar-refractivity contribution in [1.29, 1.82) is 0 Å². The standard InChI is InChI=1S/C24H24N4O4S/c1-17(28-33(31,32)22-15-13-21(14-16-22)25-18(2)29)24(30)27-26-23(19-9-5-3-6-10-19)20-11-7-4-8-12-20/h3-17,28H,1-2H3,(H,25,29)(H,27,30)/t17-/m0/s1. The van der Waals surface area contributed by atoms with Gasteiger partial charge in [0.2, 0.25) is 15.9 Å². The quantitative estimate of drug-likeness (QED) is 0.351. The molecule has 0 aromatic heterocycles. The maximum absolute atomic E-state index is 12.6. The third kappa shape index (κ3) is 6.58. The van der Waals surface area contributed by atoms with E-state index < -0.39 is 22.0 Å². The first-order chi connectivity index (χ1) is 15.8. The Balaban J connectivity index is 1.73. The molecule has 170 valence electrons. The highest BCUT2D eigenvalue weighted by Gasteiger charge is 2.22. The molecule has 0 aliphatic carbocycles. The van der Waals surface area contributed by atoms with Crippen LogP contribution in [0.1, 0.15) is 25.0 Å². The Morgan fingerprint density at radius 2 is 1.33 bits per heavy atom. The molecule has 3 rings (SSSR count). The first-order valence-corrected chi connectivity index (χ1v) is 11.6. The van der Waals surface area contributed by atoms with Crippen LogP contribution < -0.4 is 15.5 Å². The molecule has 3 aromatic rings. The Hall–Kier alpha value is -3.82. The van der Waals surface area contributed by atoms with Crippen LogP contribution in [0.4, 0.5) is 5.69 Å². The van der Waals surface area contributed by atoms with Crippen molar-refractivity contribution >= 4 is 33.2 Å². The zero-order valence-electron chi connectivity index (χ0n) is 18.1. The number of anilines is 1. The number of benzene rings is 3. The predicted molar refractivity (Wildman–Crippen MR) is 127 cm³/mol. The fraction of sp³-hybridized carbons (Fsp3) is 0.125. The van der Waals surface area contributed by atoms with Crippen molar-refractivity contribution in [1.82, 2.24) is 10.1 Å². The minimum atomic E-state index is -3.96. The number of sulfonamides is 1. The number of hydrogen-bond acceptors (Lipinski definition) is 5. The van der Waals surface area contributed by atoms with Crippen LogP contribution in [0.3, 0.4) is 0 Å². The number of amides is 2. The second kappa shape index (κ2) is 10.7. The molecule has 3 aromatic carbocycles. The van der Waals surface area contributed by atoms with Crippen molar-refractivity contribution in [3.63, 3.8) is 0 Å². The molecule has 9 heteroatoms. The lowest BCUT2D eigenvalue weighted by Crippen LogP contribution is -2.43. The highest BCUT2D eigenvalue weighted by molar-refractivity contribution is 7.89. The predicted octanol–water partition coefficient (Wildman–Crippen LogP) is 2.88. The van der Waals surface area contributed by atoms with Crippen LogP contribution in [0.5, 0.6) is 0 Å². The minimum Gasteiger partial charge on any atom is -0.326 e. The SMILES string of the molecule is CC(=O)Nc1ccc(S(=O)(=O)N[C@@H](C)C(=O)NN=C(c2ccccc2)c2ccccc2)cc1. The van der Waals surface area contributed by atoms with Gasteiger partial charge >= 0.3 is 0 Å². The summed E-state index contributed by atoms with van der Waals surface area (Å²) in [5, 5.41) is 6.83. The van der Waals surface area contributed by atoms with Gasteiger partial charge in [-0.2, -0.15) is 9.82 Å². The van der Waals surface area contributed by atoms with Gasteiger partial charge in [-0.05, 0) is 31.2 Å². The molecule has 0 saturated heterocycles. The molecule has 0 aliphatic rings. The van der Waals surface area contributed by atoms with Crippen LogP contribution in [-0.4, -0.2) is 32.0 Å². The molecule has 0 aliphatic heterocycles. The van der Waals surface area contributed by atoms with E-state index in [1.54, 1.807) is 0 Å². The van der Waals surface area contributed by atoms with E-state index in [0.29, 0.717) is 11.4 Å².